The molecule has 0 radical (unpaired) electrons. The summed E-state index contributed by atoms with van der Waals surface area (Å²) in [5, 5.41) is 5.44. The molecule has 6 nitrogen and oxygen atoms in total. The van der Waals surface area contributed by atoms with E-state index in [1.807, 2.05) is 13.8 Å². The van der Waals surface area contributed by atoms with Crippen molar-refractivity contribution in [2.75, 3.05) is 6.54 Å². The first kappa shape index (κ1) is 17.8. The van der Waals surface area contributed by atoms with Crippen LogP contribution in [0.2, 0.25) is 0 Å². The van der Waals surface area contributed by atoms with Crippen molar-refractivity contribution < 1.29 is 18.7 Å². The van der Waals surface area contributed by atoms with E-state index >= 15 is 0 Å². The number of alkyl carbamates (subject to hydrolysis) is 1. The third kappa shape index (κ3) is 7.52. The fraction of sp³-hybridized carbons (Fsp3) is 0.500. The van der Waals surface area contributed by atoms with Crippen LogP contribution in [0.25, 0.3) is 6.08 Å². The van der Waals surface area contributed by atoms with Gasteiger partial charge in [-0.25, -0.2) is 4.79 Å². The molecule has 0 bridgehead atoms. The van der Waals surface area contributed by atoms with Crippen molar-refractivity contribution in [3.05, 3.63) is 30.2 Å². The summed E-state index contributed by atoms with van der Waals surface area (Å²) in [7, 11) is 0. The number of rotatable bonds is 5. The molecule has 0 fully saturated rings. The maximum Gasteiger partial charge on any atom is 0.407 e. The van der Waals surface area contributed by atoms with Crippen molar-refractivity contribution in [3.63, 3.8) is 0 Å². The maximum absolute atomic E-state index is 11.8. The Kier molecular flexibility index (Phi) is 5.79. The summed E-state index contributed by atoms with van der Waals surface area (Å²) in [6.07, 6.45) is 3.98. The zero-order valence-corrected chi connectivity index (χ0v) is 13.7. The highest BCUT2D eigenvalue weighted by Crippen LogP contribution is 2.08. The summed E-state index contributed by atoms with van der Waals surface area (Å²) in [6.45, 7) is 9.24. The molecule has 0 aromatic carbocycles. The first-order valence-electron chi connectivity index (χ1n) is 7.08. The number of furan rings is 1. The van der Waals surface area contributed by atoms with Crippen LogP contribution in [-0.2, 0) is 9.53 Å². The van der Waals surface area contributed by atoms with Gasteiger partial charge in [0.1, 0.15) is 11.4 Å². The number of carbonyl (C=O) groups is 2. The molecule has 0 saturated carbocycles. The third-order valence-corrected chi connectivity index (χ3v) is 2.48. The van der Waals surface area contributed by atoms with Crippen molar-refractivity contribution in [1.29, 1.82) is 0 Å². The van der Waals surface area contributed by atoms with E-state index < -0.39 is 17.2 Å². The van der Waals surface area contributed by atoms with Gasteiger partial charge in [0, 0.05) is 12.6 Å². The first-order valence-corrected chi connectivity index (χ1v) is 7.08. The van der Waals surface area contributed by atoms with Crippen LogP contribution in [-0.4, -0.2) is 29.7 Å². The van der Waals surface area contributed by atoms with Crippen LogP contribution in [0, 0.1) is 0 Å². The molecule has 0 unspecified atom stereocenters. The van der Waals surface area contributed by atoms with E-state index in [-0.39, 0.29) is 12.5 Å². The summed E-state index contributed by atoms with van der Waals surface area (Å²) in [5.74, 6) is 0.326. The summed E-state index contributed by atoms with van der Waals surface area (Å²) in [4.78, 5) is 23.4. The van der Waals surface area contributed by atoms with Gasteiger partial charge in [-0.05, 0) is 52.8 Å². The molecule has 0 saturated heterocycles. The van der Waals surface area contributed by atoms with E-state index in [1.165, 1.54) is 12.3 Å². The minimum Gasteiger partial charge on any atom is -0.465 e. The van der Waals surface area contributed by atoms with E-state index in [0.717, 1.165) is 0 Å². The predicted molar refractivity (Wildman–Crippen MR) is 84.2 cm³/mol. The van der Waals surface area contributed by atoms with Crippen molar-refractivity contribution in [1.82, 2.24) is 10.6 Å². The van der Waals surface area contributed by atoms with Crippen LogP contribution in [0.15, 0.2) is 28.9 Å². The Morgan fingerprint density at radius 2 is 1.95 bits per heavy atom. The van der Waals surface area contributed by atoms with Gasteiger partial charge >= 0.3 is 6.09 Å². The molecule has 1 aromatic heterocycles. The summed E-state index contributed by atoms with van der Waals surface area (Å²) >= 11 is 0. The van der Waals surface area contributed by atoms with Crippen LogP contribution < -0.4 is 10.6 Å². The third-order valence-electron chi connectivity index (χ3n) is 2.48. The Morgan fingerprint density at radius 3 is 2.50 bits per heavy atom. The van der Waals surface area contributed by atoms with E-state index in [0.29, 0.717) is 5.76 Å². The Hall–Kier alpha value is -2.24. The predicted octanol–water partition coefficient (Wildman–Crippen LogP) is 2.71. The highest BCUT2D eigenvalue weighted by Gasteiger charge is 2.22. The lowest BCUT2D eigenvalue weighted by Gasteiger charge is -2.27. The van der Waals surface area contributed by atoms with E-state index in [4.69, 9.17) is 9.15 Å². The topological polar surface area (TPSA) is 80.6 Å². The standard InChI is InChI=1S/C16H24N2O4/c1-15(2,3)22-14(20)17-11-16(4,5)18-13(19)9-8-12-7-6-10-21-12/h6-10H,11H2,1-5H3,(H,17,20)(H,18,19)/b9-8+. The van der Waals surface area contributed by atoms with Crippen molar-refractivity contribution >= 4 is 18.1 Å². The molecular formula is C16H24N2O4. The number of hydrogen-bond donors (Lipinski definition) is 2. The maximum atomic E-state index is 11.8. The fourth-order valence-corrected chi connectivity index (χ4v) is 1.57. The van der Waals surface area contributed by atoms with Gasteiger partial charge in [0.25, 0.3) is 0 Å². The number of hydrogen-bond acceptors (Lipinski definition) is 4. The Bertz CT molecular complexity index is 525. The second-order valence-corrected chi connectivity index (χ2v) is 6.58. The van der Waals surface area contributed by atoms with E-state index in [2.05, 4.69) is 10.6 Å². The first-order chi connectivity index (χ1) is 10.1. The molecule has 122 valence electrons. The van der Waals surface area contributed by atoms with Crippen LogP contribution in [0.4, 0.5) is 4.79 Å². The zero-order valence-electron chi connectivity index (χ0n) is 13.7. The van der Waals surface area contributed by atoms with Gasteiger partial charge in [-0.15, -0.1) is 0 Å². The minimum absolute atomic E-state index is 0.252. The molecule has 0 aliphatic carbocycles. The van der Waals surface area contributed by atoms with Gasteiger partial charge in [-0.3, -0.25) is 4.79 Å². The lowest BCUT2D eigenvalue weighted by atomic mass is 10.1. The van der Waals surface area contributed by atoms with E-state index in [9.17, 15) is 9.59 Å². The lowest BCUT2D eigenvalue weighted by molar-refractivity contribution is -0.117. The molecular weight excluding hydrogens is 284 g/mol. The molecule has 2 N–H and O–H groups in total. The molecule has 1 rings (SSSR count). The van der Waals surface area contributed by atoms with Gasteiger partial charge in [0.15, 0.2) is 0 Å². The average molecular weight is 308 g/mol. The van der Waals surface area contributed by atoms with Gasteiger partial charge in [0.05, 0.1) is 11.8 Å². The van der Waals surface area contributed by atoms with Crippen LogP contribution >= 0.6 is 0 Å². The molecule has 0 aliphatic rings. The van der Waals surface area contributed by atoms with Crippen molar-refractivity contribution in [3.8, 4) is 0 Å². The summed E-state index contributed by atoms with van der Waals surface area (Å²) in [6, 6.07) is 3.49. The molecule has 2 amide bonds. The number of carbonyl (C=O) groups excluding carboxylic acids is 2. The molecule has 6 heteroatoms. The van der Waals surface area contributed by atoms with Crippen LogP contribution in [0.5, 0.6) is 0 Å². The highest BCUT2D eigenvalue weighted by atomic mass is 16.6. The Labute approximate surface area is 130 Å². The van der Waals surface area contributed by atoms with Crippen LogP contribution in [0.1, 0.15) is 40.4 Å². The molecule has 1 heterocycles. The highest BCUT2D eigenvalue weighted by molar-refractivity contribution is 5.91. The largest absolute Gasteiger partial charge is 0.465 e. The SMILES string of the molecule is CC(C)(CNC(=O)OC(C)(C)C)NC(=O)/C=C/c1ccco1. The Balaban J connectivity index is 2.42. The normalized spacial score (nSPS) is 12.2. The second kappa shape index (κ2) is 7.15. The van der Waals surface area contributed by atoms with Crippen molar-refractivity contribution in [2.45, 2.75) is 45.8 Å². The van der Waals surface area contributed by atoms with Gasteiger partial charge < -0.3 is 19.8 Å². The second-order valence-electron chi connectivity index (χ2n) is 6.58. The molecule has 22 heavy (non-hydrogen) atoms. The minimum atomic E-state index is -0.610. The molecule has 0 atom stereocenters. The van der Waals surface area contributed by atoms with Gasteiger partial charge in [-0.2, -0.15) is 0 Å². The number of nitrogens with one attached hydrogen (secondary N) is 2. The van der Waals surface area contributed by atoms with Gasteiger partial charge in [0.2, 0.25) is 5.91 Å². The summed E-state index contributed by atoms with van der Waals surface area (Å²) in [5.41, 5.74) is -1.16. The van der Waals surface area contributed by atoms with Crippen molar-refractivity contribution in [2.24, 2.45) is 0 Å². The molecule has 0 aliphatic heterocycles. The molecule has 1 aromatic rings. The van der Waals surface area contributed by atoms with Gasteiger partial charge in [-0.1, -0.05) is 0 Å². The summed E-state index contributed by atoms with van der Waals surface area (Å²) < 4.78 is 10.2. The fourth-order valence-electron chi connectivity index (χ4n) is 1.57. The lowest BCUT2D eigenvalue weighted by Crippen LogP contribution is -2.51. The zero-order chi connectivity index (χ0) is 16.8. The van der Waals surface area contributed by atoms with Crippen LogP contribution in [0.3, 0.4) is 0 Å². The Morgan fingerprint density at radius 1 is 1.27 bits per heavy atom. The monoisotopic (exact) mass is 308 g/mol. The van der Waals surface area contributed by atoms with E-state index in [1.54, 1.807) is 39.0 Å². The number of ether oxygens (including phenoxy) is 1. The smallest absolute Gasteiger partial charge is 0.407 e. The molecule has 0 spiro atoms. The quantitative estimate of drug-likeness (QED) is 0.820. The average Bonchev–Trinajstić information content (AvgIpc) is 2.84. The number of amides is 2.